The van der Waals surface area contributed by atoms with Crippen LogP contribution in [0.15, 0.2) is 33.2 Å². The van der Waals surface area contributed by atoms with Crippen LogP contribution in [0.2, 0.25) is 0 Å². The van der Waals surface area contributed by atoms with Crippen molar-refractivity contribution < 1.29 is 28.6 Å². The van der Waals surface area contributed by atoms with E-state index in [1.165, 1.54) is 6.92 Å². The van der Waals surface area contributed by atoms with Crippen LogP contribution in [-0.2, 0) is 19.1 Å². The summed E-state index contributed by atoms with van der Waals surface area (Å²) in [5, 5.41) is 20.1. The fourth-order valence-electron chi connectivity index (χ4n) is 7.34. The Morgan fingerprint density at radius 3 is 2.94 bits per heavy atom. The standard InChI is InChI=1S/C23H30N2O6/c1-13-17(27)8-22-12-30-20(28)23(22)16(10-24-25-23)4-5-19(22)21(13,3)9-18(31-14(2)26)15-6-7-29-11-15/h6-7,11,13,16-19,27H,4-5,8-10,12H2,1-3H3/t13-,16-,17-,18-,19-,21+,22+,23-/m1/s1. The van der Waals surface area contributed by atoms with Crippen LogP contribution in [-0.4, -0.2) is 41.8 Å². The van der Waals surface area contributed by atoms with E-state index in [9.17, 15) is 14.7 Å². The topological polar surface area (TPSA) is 111 Å². The van der Waals surface area contributed by atoms with Gasteiger partial charge in [0.25, 0.3) is 0 Å². The molecule has 1 aromatic heterocycles. The maximum Gasteiger partial charge on any atom is 0.337 e. The zero-order valence-electron chi connectivity index (χ0n) is 18.2. The molecule has 31 heavy (non-hydrogen) atoms. The van der Waals surface area contributed by atoms with Crippen LogP contribution in [0, 0.1) is 28.6 Å². The summed E-state index contributed by atoms with van der Waals surface area (Å²) < 4.78 is 16.7. The Labute approximate surface area is 181 Å². The second-order valence-corrected chi connectivity index (χ2v) is 10.2. The van der Waals surface area contributed by atoms with Gasteiger partial charge in [-0.2, -0.15) is 10.2 Å². The number of carbonyl (C=O) groups excluding carboxylic acids is 2. The van der Waals surface area contributed by atoms with Gasteiger partial charge in [0.05, 0.1) is 25.2 Å². The lowest BCUT2D eigenvalue weighted by molar-refractivity contribution is -0.185. The third-order valence-corrected chi connectivity index (χ3v) is 8.96. The van der Waals surface area contributed by atoms with Crippen molar-refractivity contribution in [3.63, 3.8) is 0 Å². The molecule has 8 nitrogen and oxygen atoms in total. The van der Waals surface area contributed by atoms with Crippen molar-refractivity contribution in [2.24, 2.45) is 38.8 Å². The second-order valence-electron chi connectivity index (χ2n) is 10.2. The molecule has 8 heteroatoms. The maximum atomic E-state index is 13.1. The molecular formula is C23H30N2O6. The van der Waals surface area contributed by atoms with E-state index < -0.39 is 28.6 Å². The highest BCUT2D eigenvalue weighted by molar-refractivity contribution is 5.86. The van der Waals surface area contributed by atoms with E-state index in [0.717, 1.165) is 18.4 Å². The van der Waals surface area contributed by atoms with Gasteiger partial charge in [0.2, 0.25) is 0 Å². The molecule has 4 aliphatic rings. The summed E-state index contributed by atoms with van der Waals surface area (Å²) >= 11 is 0. The highest BCUT2D eigenvalue weighted by Gasteiger charge is 2.77. The van der Waals surface area contributed by atoms with Crippen molar-refractivity contribution in [2.45, 2.75) is 64.2 Å². The first kappa shape index (κ1) is 20.7. The summed E-state index contributed by atoms with van der Waals surface area (Å²) in [6.45, 7) is 6.42. The number of aliphatic hydroxyl groups is 1. The van der Waals surface area contributed by atoms with Crippen LogP contribution < -0.4 is 0 Å². The Balaban J connectivity index is 1.59. The zero-order valence-corrected chi connectivity index (χ0v) is 18.2. The number of hydrogen-bond donors (Lipinski definition) is 1. The van der Waals surface area contributed by atoms with Crippen LogP contribution in [0.1, 0.15) is 58.1 Å². The highest BCUT2D eigenvalue weighted by Crippen LogP contribution is 2.70. The van der Waals surface area contributed by atoms with Gasteiger partial charge in [-0.1, -0.05) is 13.8 Å². The number of hydrogen-bond acceptors (Lipinski definition) is 8. The van der Waals surface area contributed by atoms with Gasteiger partial charge in [0.1, 0.15) is 12.7 Å². The van der Waals surface area contributed by atoms with Gasteiger partial charge in [-0.05, 0) is 49.0 Å². The number of furan rings is 1. The predicted octanol–water partition coefficient (Wildman–Crippen LogP) is 3.45. The smallest absolute Gasteiger partial charge is 0.337 e. The highest BCUT2D eigenvalue weighted by atomic mass is 16.5. The number of aliphatic hydroxyl groups excluding tert-OH is 1. The van der Waals surface area contributed by atoms with Crippen LogP contribution >= 0.6 is 0 Å². The monoisotopic (exact) mass is 430 g/mol. The molecule has 1 aromatic rings. The summed E-state index contributed by atoms with van der Waals surface area (Å²) in [7, 11) is 0. The van der Waals surface area contributed by atoms with Gasteiger partial charge in [-0.25, -0.2) is 4.79 Å². The molecule has 0 aromatic carbocycles. The number of cyclic esters (lactones) is 1. The van der Waals surface area contributed by atoms with Crippen LogP contribution in [0.4, 0.5) is 0 Å². The van der Waals surface area contributed by atoms with Gasteiger partial charge < -0.3 is 19.0 Å². The van der Waals surface area contributed by atoms with Crippen molar-refractivity contribution in [1.29, 1.82) is 0 Å². The minimum atomic E-state index is -0.995. The first-order valence-electron chi connectivity index (χ1n) is 11.2. The zero-order chi connectivity index (χ0) is 22.0. The number of ether oxygens (including phenoxy) is 2. The third kappa shape index (κ3) is 2.63. The van der Waals surface area contributed by atoms with Crippen molar-refractivity contribution in [3.05, 3.63) is 24.2 Å². The first-order valence-corrected chi connectivity index (χ1v) is 11.2. The fourth-order valence-corrected chi connectivity index (χ4v) is 7.34. The average molecular weight is 431 g/mol. The molecule has 2 spiro atoms. The minimum absolute atomic E-state index is 0.0294. The fraction of sp³-hybridized carbons (Fsp3) is 0.739. The van der Waals surface area contributed by atoms with Gasteiger partial charge in [-0.3, -0.25) is 4.79 Å². The molecule has 5 rings (SSSR count). The lowest BCUT2D eigenvalue weighted by Gasteiger charge is -2.62. The Kier molecular flexibility index (Phi) is 4.59. The number of azo groups is 1. The predicted molar refractivity (Wildman–Crippen MR) is 108 cm³/mol. The second kappa shape index (κ2) is 6.89. The van der Waals surface area contributed by atoms with E-state index >= 15 is 0 Å². The van der Waals surface area contributed by atoms with Crippen molar-refractivity contribution >= 4 is 11.9 Å². The van der Waals surface area contributed by atoms with E-state index in [1.54, 1.807) is 12.5 Å². The van der Waals surface area contributed by atoms with Crippen LogP contribution in [0.3, 0.4) is 0 Å². The van der Waals surface area contributed by atoms with Crippen LogP contribution in [0.5, 0.6) is 0 Å². The molecule has 0 amide bonds. The summed E-state index contributed by atoms with van der Waals surface area (Å²) in [5.74, 6) is -0.614. The van der Waals surface area contributed by atoms with Crippen molar-refractivity contribution in [2.75, 3.05) is 13.2 Å². The Bertz CT molecular complexity index is 915. The molecule has 2 aliphatic heterocycles. The summed E-state index contributed by atoms with van der Waals surface area (Å²) in [5.41, 5.74) is -1.21. The molecule has 0 bridgehead atoms. The lowest BCUT2D eigenvalue weighted by Crippen LogP contribution is -2.67. The molecule has 0 radical (unpaired) electrons. The van der Waals surface area contributed by atoms with Gasteiger partial charge in [0, 0.05) is 23.8 Å². The number of rotatable bonds is 4. The van der Waals surface area contributed by atoms with E-state index in [1.807, 2.05) is 6.07 Å². The van der Waals surface area contributed by atoms with E-state index in [-0.39, 0.29) is 36.3 Å². The van der Waals surface area contributed by atoms with Crippen molar-refractivity contribution in [1.82, 2.24) is 0 Å². The third-order valence-electron chi connectivity index (χ3n) is 8.96. The maximum absolute atomic E-state index is 13.1. The Morgan fingerprint density at radius 2 is 2.23 bits per heavy atom. The summed E-state index contributed by atoms with van der Waals surface area (Å²) in [6.07, 6.45) is 4.78. The molecule has 3 fully saturated rings. The minimum Gasteiger partial charge on any atom is -0.472 e. The van der Waals surface area contributed by atoms with E-state index in [4.69, 9.17) is 13.9 Å². The normalized spacial score (nSPS) is 44.2. The molecule has 2 saturated carbocycles. The Morgan fingerprint density at radius 1 is 1.42 bits per heavy atom. The van der Waals surface area contributed by atoms with Crippen LogP contribution in [0.25, 0.3) is 0 Å². The van der Waals surface area contributed by atoms with Gasteiger partial charge in [0.15, 0.2) is 5.54 Å². The summed E-state index contributed by atoms with van der Waals surface area (Å²) in [4.78, 5) is 25.0. The quantitative estimate of drug-likeness (QED) is 0.733. The largest absolute Gasteiger partial charge is 0.472 e. The molecule has 168 valence electrons. The number of nitrogens with zero attached hydrogens (tertiary/aromatic N) is 2. The average Bonchev–Trinajstić information content (AvgIpc) is 3.44. The van der Waals surface area contributed by atoms with E-state index in [0.29, 0.717) is 19.4 Å². The molecule has 8 atom stereocenters. The summed E-state index contributed by atoms with van der Waals surface area (Å²) in [6, 6.07) is 1.81. The molecule has 1 N–H and O–H groups in total. The van der Waals surface area contributed by atoms with Crippen molar-refractivity contribution in [3.8, 4) is 0 Å². The number of carbonyl (C=O) groups is 2. The molecule has 1 saturated heterocycles. The molecule has 3 heterocycles. The lowest BCUT2D eigenvalue weighted by atomic mass is 9.40. The molecule has 0 unspecified atom stereocenters. The SMILES string of the molecule is CC(=O)O[C@H](C[C@@]1(C)[C@H](C)[C@H](O)C[C@@]23COC(=O)[C@@]24N=NC[C@H]4CC[C@H]13)c1ccoc1. The molecule has 2 aliphatic carbocycles. The van der Waals surface area contributed by atoms with Gasteiger partial charge in [-0.15, -0.1) is 0 Å². The van der Waals surface area contributed by atoms with E-state index in [2.05, 4.69) is 24.1 Å². The van der Waals surface area contributed by atoms with Gasteiger partial charge >= 0.3 is 11.9 Å². The Hall–Kier alpha value is -2.22. The number of esters is 2. The molecular weight excluding hydrogens is 400 g/mol. The first-order chi connectivity index (χ1) is 14.7.